The SMILES string of the molecule is Nn1c2ccccc2c2c1c1oc3ccccc3c1c1c3ccccc3n(C3=CC=CCC3)c12. The first-order valence-corrected chi connectivity index (χ1v) is 11.7. The minimum absolute atomic E-state index is 0.850. The van der Waals surface area contributed by atoms with Crippen LogP contribution in [-0.2, 0) is 0 Å². The number of hydrogen-bond acceptors (Lipinski definition) is 2. The van der Waals surface area contributed by atoms with Crippen LogP contribution in [0.1, 0.15) is 12.8 Å². The van der Waals surface area contributed by atoms with Crippen LogP contribution < -0.4 is 5.84 Å². The largest absolute Gasteiger partial charge is 0.454 e. The molecular weight excluding hydrogens is 418 g/mol. The summed E-state index contributed by atoms with van der Waals surface area (Å²) >= 11 is 0. The van der Waals surface area contributed by atoms with Crippen LogP contribution in [0.5, 0.6) is 0 Å². The molecule has 4 nitrogen and oxygen atoms in total. The van der Waals surface area contributed by atoms with E-state index in [9.17, 15) is 0 Å². The van der Waals surface area contributed by atoms with E-state index in [1.165, 1.54) is 27.5 Å². The summed E-state index contributed by atoms with van der Waals surface area (Å²) in [5, 5.41) is 7.01. The van der Waals surface area contributed by atoms with Crippen LogP contribution in [0, 0.1) is 0 Å². The molecule has 34 heavy (non-hydrogen) atoms. The van der Waals surface area contributed by atoms with E-state index in [4.69, 9.17) is 10.3 Å². The number of para-hydroxylation sites is 3. The molecule has 3 aromatic heterocycles. The molecule has 4 aromatic carbocycles. The number of furan rings is 1. The van der Waals surface area contributed by atoms with E-state index < -0.39 is 0 Å². The molecule has 0 atom stereocenters. The van der Waals surface area contributed by atoms with Gasteiger partial charge in [0, 0.05) is 38.0 Å². The minimum atomic E-state index is 0.850. The summed E-state index contributed by atoms with van der Waals surface area (Å²) in [6.07, 6.45) is 8.70. The maximum atomic E-state index is 6.80. The van der Waals surface area contributed by atoms with Gasteiger partial charge in [0.15, 0.2) is 5.58 Å². The van der Waals surface area contributed by atoms with E-state index in [-0.39, 0.29) is 0 Å². The summed E-state index contributed by atoms with van der Waals surface area (Å²) in [6, 6.07) is 25.4. The quantitative estimate of drug-likeness (QED) is 0.266. The predicted octanol–water partition coefficient (Wildman–Crippen LogP) is 7.71. The van der Waals surface area contributed by atoms with E-state index in [0.29, 0.717) is 0 Å². The first kappa shape index (κ1) is 18.0. The Morgan fingerprint density at radius 1 is 0.706 bits per heavy atom. The van der Waals surface area contributed by atoms with Crippen molar-refractivity contribution in [3.63, 3.8) is 0 Å². The van der Waals surface area contributed by atoms with Crippen molar-refractivity contribution >= 4 is 71.2 Å². The average Bonchev–Trinajstić information content (AvgIpc) is 3.53. The summed E-state index contributed by atoms with van der Waals surface area (Å²) in [6.45, 7) is 0. The van der Waals surface area contributed by atoms with Gasteiger partial charge < -0.3 is 14.8 Å². The molecule has 1 aliphatic rings. The summed E-state index contributed by atoms with van der Waals surface area (Å²) in [5.74, 6) is 6.80. The molecule has 3 heterocycles. The molecule has 8 rings (SSSR count). The second kappa shape index (κ2) is 6.33. The third kappa shape index (κ3) is 2.09. The van der Waals surface area contributed by atoms with Gasteiger partial charge >= 0.3 is 0 Å². The fourth-order valence-corrected chi connectivity index (χ4v) is 5.99. The molecule has 4 heteroatoms. The minimum Gasteiger partial charge on any atom is -0.454 e. The van der Waals surface area contributed by atoms with Crippen LogP contribution >= 0.6 is 0 Å². The van der Waals surface area contributed by atoms with E-state index in [1.54, 1.807) is 0 Å². The molecule has 0 unspecified atom stereocenters. The zero-order valence-corrected chi connectivity index (χ0v) is 18.5. The second-order valence-corrected chi connectivity index (χ2v) is 9.11. The average molecular weight is 440 g/mol. The number of aromatic nitrogens is 2. The number of hydrogen-bond donors (Lipinski definition) is 1. The van der Waals surface area contributed by atoms with E-state index in [2.05, 4.69) is 77.4 Å². The Labute approximate surface area is 194 Å². The van der Waals surface area contributed by atoms with Gasteiger partial charge in [-0.3, -0.25) is 4.68 Å². The van der Waals surface area contributed by atoms with Crippen molar-refractivity contribution in [2.24, 2.45) is 0 Å². The summed E-state index contributed by atoms with van der Waals surface area (Å²) < 4.78 is 10.8. The van der Waals surface area contributed by atoms with Gasteiger partial charge in [-0.15, -0.1) is 0 Å². The Hall–Kier alpha value is -4.44. The van der Waals surface area contributed by atoms with Crippen molar-refractivity contribution in [3.05, 3.63) is 91.0 Å². The standard InChI is InChI=1S/C30H21N3O/c31-33-23-16-8-5-13-20(23)27-28-25(26-21-14-6-9-17-24(21)34-30(26)29(27)33)19-12-4-7-15-22(19)32(28)18-10-2-1-3-11-18/h1-2,4-10,12-17H,3,11,31H2. The van der Waals surface area contributed by atoms with E-state index >= 15 is 0 Å². The topological polar surface area (TPSA) is 49.0 Å². The molecule has 162 valence electrons. The van der Waals surface area contributed by atoms with Crippen LogP contribution in [0.4, 0.5) is 0 Å². The Morgan fingerprint density at radius 3 is 2.21 bits per heavy atom. The number of fused-ring (bicyclic) bond motifs is 12. The Balaban J connectivity index is 1.81. The molecule has 7 aromatic rings. The monoisotopic (exact) mass is 439 g/mol. The lowest BCUT2D eigenvalue weighted by Gasteiger charge is -2.14. The maximum absolute atomic E-state index is 6.80. The van der Waals surface area contributed by atoms with Gasteiger partial charge in [0.1, 0.15) is 11.1 Å². The number of nitrogens with two attached hydrogens (primary N) is 1. The molecule has 0 fully saturated rings. The van der Waals surface area contributed by atoms with Gasteiger partial charge in [-0.05, 0) is 37.1 Å². The third-order valence-corrected chi connectivity index (χ3v) is 7.36. The van der Waals surface area contributed by atoms with Gasteiger partial charge in [0.25, 0.3) is 0 Å². The van der Waals surface area contributed by atoms with Crippen LogP contribution in [-0.4, -0.2) is 9.24 Å². The van der Waals surface area contributed by atoms with Crippen LogP contribution in [0.15, 0.2) is 95.4 Å². The zero-order chi connectivity index (χ0) is 22.4. The highest BCUT2D eigenvalue weighted by atomic mass is 16.3. The summed E-state index contributed by atoms with van der Waals surface area (Å²) in [7, 11) is 0. The number of nitrogens with zero attached hydrogens (tertiary/aromatic N) is 2. The Morgan fingerprint density at radius 2 is 1.41 bits per heavy atom. The lowest BCUT2D eigenvalue weighted by molar-refractivity contribution is 0.671. The lowest BCUT2D eigenvalue weighted by atomic mass is 10.0. The van der Waals surface area contributed by atoms with Gasteiger partial charge in [0.05, 0.1) is 16.6 Å². The molecule has 0 bridgehead atoms. The van der Waals surface area contributed by atoms with Gasteiger partial charge in [-0.25, -0.2) is 0 Å². The lowest BCUT2D eigenvalue weighted by Crippen LogP contribution is -2.07. The Kier molecular flexibility index (Phi) is 3.36. The molecule has 0 saturated carbocycles. The van der Waals surface area contributed by atoms with Crippen LogP contribution in [0.2, 0.25) is 0 Å². The van der Waals surface area contributed by atoms with Crippen LogP contribution in [0.25, 0.3) is 71.2 Å². The van der Waals surface area contributed by atoms with Gasteiger partial charge in [-0.2, -0.15) is 0 Å². The molecule has 0 saturated heterocycles. The molecule has 0 spiro atoms. The normalized spacial score (nSPS) is 14.4. The number of benzene rings is 4. The summed E-state index contributed by atoms with van der Waals surface area (Å²) in [4.78, 5) is 0. The number of allylic oxidation sites excluding steroid dienone is 4. The maximum Gasteiger partial charge on any atom is 0.162 e. The van der Waals surface area contributed by atoms with Crippen molar-refractivity contribution in [1.29, 1.82) is 0 Å². The molecule has 0 radical (unpaired) electrons. The van der Waals surface area contributed by atoms with Crippen molar-refractivity contribution in [3.8, 4) is 0 Å². The van der Waals surface area contributed by atoms with Crippen molar-refractivity contribution in [2.45, 2.75) is 12.8 Å². The summed E-state index contributed by atoms with van der Waals surface area (Å²) in [5.41, 5.74) is 7.40. The fourth-order valence-electron chi connectivity index (χ4n) is 5.99. The van der Waals surface area contributed by atoms with Crippen molar-refractivity contribution < 1.29 is 4.42 Å². The van der Waals surface area contributed by atoms with Gasteiger partial charge in [-0.1, -0.05) is 66.7 Å². The van der Waals surface area contributed by atoms with Crippen molar-refractivity contribution in [1.82, 2.24) is 9.24 Å². The molecular formula is C30H21N3O. The smallest absolute Gasteiger partial charge is 0.162 e. The highest BCUT2D eigenvalue weighted by Gasteiger charge is 2.26. The Bertz CT molecular complexity index is 2030. The van der Waals surface area contributed by atoms with E-state index in [1.807, 2.05) is 22.9 Å². The van der Waals surface area contributed by atoms with Crippen LogP contribution in [0.3, 0.4) is 0 Å². The molecule has 0 aliphatic heterocycles. The fraction of sp³-hybridized carbons (Fsp3) is 0.0667. The predicted molar refractivity (Wildman–Crippen MR) is 143 cm³/mol. The second-order valence-electron chi connectivity index (χ2n) is 9.11. The first-order valence-electron chi connectivity index (χ1n) is 11.7. The zero-order valence-electron chi connectivity index (χ0n) is 18.5. The van der Waals surface area contributed by atoms with Gasteiger partial charge in [0.2, 0.25) is 0 Å². The van der Waals surface area contributed by atoms with Crippen molar-refractivity contribution in [2.75, 3.05) is 5.84 Å². The van der Waals surface area contributed by atoms with E-state index in [0.717, 1.165) is 56.6 Å². The highest BCUT2D eigenvalue weighted by Crippen LogP contribution is 2.48. The highest BCUT2D eigenvalue weighted by molar-refractivity contribution is 6.39. The molecule has 0 amide bonds. The molecule has 2 N–H and O–H groups in total. The molecule has 1 aliphatic carbocycles. The third-order valence-electron chi connectivity index (χ3n) is 7.36. The first-order chi connectivity index (χ1) is 16.8. The number of rotatable bonds is 1. The number of nitrogen functional groups attached to an aromatic ring is 1.